The summed E-state index contributed by atoms with van der Waals surface area (Å²) in [7, 11) is 3.22. The summed E-state index contributed by atoms with van der Waals surface area (Å²) in [6.45, 7) is 5.89. The molecule has 9 heteroatoms. The van der Waals surface area contributed by atoms with Crippen molar-refractivity contribution in [3.63, 3.8) is 0 Å². The first kappa shape index (κ1) is 20.6. The van der Waals surface area contributed by atoms with Crippen LogP contribution in [-0.4, -0.2) is 50.2 Å². The van der Waals surface area contributed by atoms with Crippen LogP contribution in [0.5, 0.6) is 0 Å². The molecule has 0 bridgehead atoms. The molecule has 2 aliphatic rings. The SMILES string of the molecule is Cc1c(CN2CCC(c3cc(=O)[nH]c(N4CCCC4)n3)CC2)c(=O)n(C)c(=O)n1C. The van der Waals surface area contributed by atoms with E-state index in [-0.39, 0.29) is 22.7 Å². The highest BCUT2D eigenvalue weighted by Gasteiger charge is 2.25. The van der Waals surface area contributed by atoms with Crippen LogP contribution in [-0.2, 0) is 20.6 Å². The van der Waals surface area contributed by atoms with Crippen LogP contribution in [0.25, 0.3) is 0 Å². The van der Waals surface area contributed by atoms with Gasteiger partial charge in [0, 0.05) is 51.4 Å². The maximum absolute atomic E-state index is 12.6. The molecule has 162 valence electrons. The second-order valence-electron chi connectivity index (χ2n) is 8.51. The van der Waals surface area contributed by atoms with Gasteiger partial charge in [0.2, 0.25) is 5.95 Å². The van der Waals surface area contributed by atoms with Crippen LogP contribution in [0.1, 0.15) is 48.6 Å². The number of rotatable bonds is 4. The van der Waals surface area contributed by atoms with Crippen LogP contribution in [0.4, 0.5) is 5.95 Å². The van der Waals surface area contributed by atoms with Gasteiger partial charge in [-0.1, -0.05) is 0 Å². The number of anilines is 1. The number of nitrogens with zero attached hydrogens (tertiary/aromatic N) is 5. The van der Waals surface area contributed by atoms with Gasteiger partial charge >= 0.3 is 5.69 Å². The zero-order valence-corrected chi connectivity index (χ0v) is 18.0. The summed E-state index contributed by atoms with van der Waals surface area (Å²) in [6.07, 6.45) is 4.05. The summed E-state index contributed by atoms with van der Waals surface area (Å²) in [5.74, 6) is 0.940. The van der Waals surface area contributed by atoms with E-state index in [4.69, 9.17) is 4.98 Å². The molecule has 2 aliphatic heterocycles. The Morgan fingerprint density at radius 3 is 2.37 bits per heavy atom. The molecule has 2 aromatic rings. The Labute approximate surface area is 175 Å². The third-order valence-electron chi connectivity index (χ3n) is 6.62. The quantitative estimate of drug-likeness (QED) is 0.781. The van der Waals surface area contributed by atoms with Crippen LogP contribution in [0.2, 0.25) is 0 Å². The number of H-pyrrole nitrogens is 1. The van der Waals surface area contributed by atoms with Gasteiger partial charge in [0.25, 0.3) is 11.1 Å². The Morgan fingerprint density at radius 1 is 1.03 bits per heavy atom. The van der Waals surface area contributed by atoms with Crippen LogP contribution < -0.4 is 21.7 Å². The van der Waals surface area contributed by atoms with E-state index in [0.29, 0.717) is 18.1 Å². The Bertz CT molecular complexity index is 1100. The van der Waals surface area contributed by atoms with Crippen LogP contribution in [0, 0.1) is 6.92 Å². The van der Waals surface area contributed by atoms with Crippen molar-refractivity contribution in [2.24, 2.45) is 14.1 Å². The summed E-state index contributed by atoms with van der Waals surface area (Å²) in [6, 6.07) is 1.63. The van der Waals surface area contributed by atoms with Gasteiger partial charge in [-0.3, -0.25) is 24.0 Å². The molecule has 0 aromatic carbocycles. The minimum Gasteiger partial charge on any atom is -0.342 e. The third kappa shape index (κ3) is 3.86. The van der Waals surface area contributed by atoms with Gasteiger partial charge in [0.1, 0.15) is 0 Å². The predicted molar refractivity (Wildman–Crippen MR) is 115 cm³/mol. The highest BCUT2D eigenvalue weighted by molar-refractivity contribution is 5.32. The average molecular weight is 415 g/mol. The molecule has 2 saturated heterocycles. The van der Waals surface area contributed by atoms with Gasteiger partial charge in [0.05, 0.1) is 11.3 Å². The first-order valence-electron chi connectivity index (χ1n) is 10.7. The van der Waals surface area contributed by atoms with Crippen molar-refractivity contribution in [3.05, 3.63) is 54.2 Å². The molecule has 0 saturated carbocycles. The van der Waals surface area contributed by atoms with Crippen LogP contribution in [0.3, 0.4) is 0 Å². The van der Waals surface area contributed by atoms with Gasteiger partial charge < -0.3 is 9.47 Å². The second-order valence-corrected chi connectivity index (χ2v) is 8.51. The third-order valence-corrected chi connectivity index (χ3v) is 6.62. The van der Waals surface area contributed by atoms with E-state index in [2.05, 4.69) is 14.8 Å². The standard InChI is InChI=1S/C21H30N6O3/c1-14-16(19(29)25(3)21(30)24(14)2)13-26-10-6-15(7-11-26)17-12-18(28)23-20(22-17)27-8-4-5-9-27/h12,15H,4-11,13H2,1-3H3,(H,22,23,28). The van der Waals surface area contributed by atoms with Crippen molar-refractivity contribution in [1.29, 1.82) is 0 Å². The molecule has 0 radical (unpaired) electrons. The van der Waals surface area contributed by atoms with Gasteiger partial charge in [-0.2, -0.15) is 0 Å². The molecule has 1 N–H and O–H groups in total. The number of piperidine rings is 1. The molecule has 2 fully saturated rings. The fourth-order valence-electron chi connectivity index (χ4n) is 4.56. The average Bonchev–Trinajstić information content (AvgIpc) is 3.29. The van der Waals surface area contributed by atoms with Crippen molar-refractivity contribution in [2.45, 2.75) is 45.1 Å². The van der Waals surface area contributed by atoms with Gasteiger partial charge in [-0.05, 0) is 45.7 Å². The molecule has 2 aromatic heterocycles. The Balaban J connectivity index is 1.47. The zero-order chi connectivity index (χ0) is 21.4. The van der Waals surface area contributed by atoms with Crippen molar-refractivity contribution in [1.82, 2.24) is 24.0 Å². The van der Waals surface area contributed by atoms with Crippen LogP contribution >= 0.6 is 0 Å². The molecule has 0 amide bonds. The van der Waals surface area contributed by atoms with E-state index in [1.54, 1.807) is 13.1 Å². The van der Waals surface area contributed by atoms with Crippen molar-refractivity contribution in [3.8, 4) is 0 Å². The minimum atomic E-state index is -0.297. The lowest BCUT2D eigenvalue weighted by molar-refractivity contribution is 0.201. The summed E-state index contributed by atoms with van der Waals surface area (Å²) in [5, 5.41) is 0. The monoisotopic (exact) mass is 414 g/mol. The van der Waals surface area contributed by atoms with Crippen molar-refractivity contribution in [2.75, 3.05) is 31.1 Å². The lowest BCUT2D eigenvalue weighted by atomic mass is 9.93. The fraction of sp³-hybridized carbons (Fsp3) is 0.619. The molecule has 0 spiro atoms. The summed E-state index contributed by atoms with van der Waals surface area (Å²) in [5.41, 5.74) is 1.65. The molecular formula is C21H30N6O3. The van der Waals surface area contributed by atoms with E-state index in [1.807, 2.05) is 6.92 Å². The predicted octanol–water partition coefficient (Wildman–Crippen LogP) is 0.456. The number of hydrogen-bond acceptors (Lipinski definition) is 6. The Morgan fingerprint density at radius 2 is 1.70 bits per heavy atom. The molecule has 0 unspecified atom stereocenters. The van der Waals surface area contributed by atoms with Gasteiger partial charge in [0.15, 0.2) is 0 Å². The van der Waals surface area contributed by atoms with Crippen molar-refractivity contribution < 1.29 is 0 Å². The molecule has 4 heterocycles. The molecule has 4 rings (SSSR count). The van der Waals surface area contributed by atoms with E-state index in [1.165, 1.54) is 16.2 Å². The van der Waals surface area contributed by atoms with Crippen molar-refractivity contribution >= 4 is 5.95 Å². The van der Waals surface area contributed by atoms with E-state index in [0.717, 1.165) is 63.3 Å². The number of aromatic nitrogens is 4. The molecule has 0 aliphatic carbocycles. The summed E-state index contributed by atoms with van der Waals surface area (Å²) >= 11 is 0. The Hall–Kier alpha value is -2.68. The summed E-state index contributed by atoms with van der Waals surface area (Å²) < 4.78 is 2.71. The Kier molecular flexibility index (Phi) is 5.64. The highest BCUT2D eigenvalue weighted by Crippen LogP contribution is 2.28. The molecular weight excluding hydrogens is 384 g/mol. The number of nitrogens with one attached hydrogen (secondary N) is 1. The fourth-order valence-corrected chi connectivity index (χ4v) is 4.56. The van der Waals surface area contributed by atoms with E-state index in [9.17, 15) is 14.4 Å². The highest BCUT2D eigenvalue weighted by atomic mass is 16.2. The topological polar surface area (TPSA) is 96.2 Å². The minimum absolute atomic E-state index is 0.0892. The lowest BCUT2D eigenvalue weighted by Crippen LogP contribution is -2.43. The zero-order valence-electron chi connectivity index (χ0n) is 18.0. The smallest absolute Gasteiger partial charge is 0.330 e. The van der Waals surface area contributed by atoms with E-state index < -0.39 is 0 Å². The number of hydrogen-bond donors (Lipinski definition) is 1. The van der Waals surface area contributed by atoms with Gasteiger partial charge in [-0.25, -0.2) is 9.78 Å². The number of aromatic amines is 1. The number of likely N-dealkylation sites (tertiary alicyclic amines) is 1. The van der Waals surface area contributed by atoms with Gasteiger partial charge in [-0.15, -0.1) is 0 Å². The largest absolute Gasteiger partial charge is 0.342 e. The summed E-state index contributed by atoms with van der Waals surface area (Å²) in [4.78, 5) is 48.9. The van der Waals surface area contributed by atoms with Crippen LogP contribution in [0.15, 0.2) is 20.4 Å². The first-order valence-corrected chi connectivity index (χ1v) is 10.7. The first-order chi connectivity index (χ1) is 14.3. The van der Waals surface area contributed by atoms with E-state index >= 15 is 0 Å². The maximum Gasteiger partial charge on any atom is 0.330 e. The normalized spacial score (nSPS) is 18.3. The second kappa shape index (κ2) is 8.22. The molecule has 0 atom stereocenters. The lowest BCUT2D eigenvalue weighted by Gasteiger charge is -2.32. The molecule has 30 heavy (non-hydrogen) atoms. The maximum atomic E-state index is 12.6. The molecule has 9 nitrogen and oxygen atoms in total.